The molecule has 6 nitrogen and oxygen atoms in total. The second-order valence-electron chi connectivity index (χ2n) is 6.62. The highest BCUT2D eigenvalue weighted by molar-refractivity contribution is 5.76. The molecule has 1 fully saturated rings. The smallest absolute Gasteiger partial charge is 0.231 e. The summed E-state index contributed by atoms with van der Waals surface area (Å²) in [7, 11) is 0. The first-order valence-corrected chi connectivity index (χ1v) is 9.30. The predicted octanol–water partition coefficient (Wildman–Crippen LogP) is 1.79. The second kappa shape index (κ2) is 8.54. The molecule has 2 aliphatic rings. The minimum Gasteiger partial charge on any atom is -0.454 e. The summed E-state index contributed by atoms with van der Waals surface area (Å²) in [6.07, 6.45) is 0.629. The number of carbonyl (C=O) groups is 1. The Labute approximate surface area is 150 Å². The third kappa shape index (κ3) is 4.64. The van der Waals surface area contributed by atoms with E-state index in [-0.39, 0.29) is 5.91 Å². The number of fused-ring (bicyclic) bond motifs is 1. The first kappa shape index (κ1) is 18.0. The van der Waals surface area contributed by atoms with Gasteiger partial charge in [0.05, 0.1) is 0 Å². The molecule has 0 aromatic heterocycles. The Morgan fingerprint density at radius 3 is 2.52 bits per heavy atom. The third-order valence-electron chi connectivity index (χ3n) is 5.10. The fourth-order valence-electron chi connectivity index (χ4n) is 3.40. The third-order valence-corrected chi connectivity index (χ3v) is 5.10. The molecule has 138 valence electrons. The van der Waals surface area contributed by atoms with E-state index >= 15 is 0 Å². The summed E-state index contributed by atoms with van der Waals surface area (Å²) in [5, 5.41) is 0. The highest BCUT2D eigenvalue weighted by Crippen LogP contribution is 2.32. The number of piperazine rings is 1. The van der Waals surface area contributed by atoms with Gasteiger partial charge in [0.1, 0.15) is 0 Å². The predicted molar refractivity (Wildman–Crippen MR) is 96.8 cm³/mol. The fourth-order valence-corrected chi connectivity index (χ4v) is 3.40. The van der Waals surface area contributed by atoms with E-state index in [9.17, 15) is 4.79 Å². The summed E-state index contributed by atoms with van der Waals surface area (Å²) in [5.41, 5.74) is 1.23. The van der Waals surface area contributed by atoms with Crippen LogP contribution >= 0.6 is 0 Å². The molecule has 6 heteroatoms. The summed E-state index contributed by atoms with van der Waals surface area (Å²) in [4.78, 5) is 19.1. The molecule has 0 N–H and O–H groups in total. The summed E-state index contributed by atoms with van der Waals surface area (Å²) in [6.45, 7) is 11.8. The highest BCUT2D eigenvalue weighted by atomic mass is 16.7. The van der Waals surface area contributed by atoms with Gasteiger partial charge in [0, 0.05) is 45.7 Å². The number of nitrogens with zero attached hydrogens (tertiary/aromatic N) is 3. The van der Waals surface area contributed by atoms with Gasteiger partial charge in [-0.2, -0.15) is 0 Å². The molecule has 1 aromatic carbocycles. The Hall–Kier alpha value is -1.79. The lowest BCUT2D eigenvalue weighted by atomic mass is 10.1. The maximum Gasteiger partial charge on any atom is 0.231 e. The van der Waals surface area contributed by atoms with Gasteiger partial charge in [0.15, 0.2) is 11.5 Å². The lowest BCUT2D eigenvalue weighted by molar-refractivity contribution is -0.133. The molecule has 2 aliphatic heterocycles. The van der Waals surface area contributed by atoms with Crippen LogP contribution in [0.15, 0.2) is 18.2 Å². The quantitative estimate of drug-likeness (QED) is 0.752. The van der Waals surface area contributed by atoms with E-state index in [2.05, 4.69) is 35.8 Å². The van der Waals surface area contributed by atoms with Crippen molar-refractivity contribution in [2.45, 2.75) is 26.8 Å². The second-order valence-corrected chi connectivity index (χ2v) is 6.62. The number of hydrogen-bond acceptors (Lipinski definition) is 5. The molecular weight excluding hydrogens is 318 g/mol. The van der Waals surface area contributed by atoms with Crippen molar-refractivity contribution < 1.29 is 14.3 Å². The first-order chi connectivity index (χ1) is 12.2. The Morgan fingerprint density at radius 2 is 1.80 bits per heavy atom. The molecule has 0 atom stereocenters. The van der Waals surface area contributed by atoms with Crippen molar-refractivity contribution >= 4 is 5.91 Å². The largest absolute Gasteiger partial charge is 0.454 e. The van der Waals surface area contributed by atoms with Crippen molar-refractivity contribution in [3.8, 4) is 11.5 Å². The van der Waals surface area contributed by atoms with E-state index in [1.165, 1.54) is 5.56 Å². The van der Waals surface area contributed by atoms with E-state index in [4.69, 9.17) is 9.47 Å². The van der Waals surface area contributed by atoms with Crippen LogP contribution in [0.3, 0.4) is 0 Å². The topological polar surface area (TPSA) is 45.3 Å². The maximum absolute atomic E-state index is 12.4. The van der Waals surface area contributed by atoms with Crippen LogP contribution in [0.4, 0.5) is 0 Å². The summed E-state index contributed by atoms with van der Waals surface area (Å²) in [6, 6.07) is 6.13. The van der Waals surface area contributed by atoms with Crippen LogP contribution in [-0.4, -0.2) is 73.2 Å². The van der Waals surface area contributed by atoms with Gasteiger partial charge in [-0.1, -0.05) is 19.9 Å². The van der Waals surface area contributed by atoms with E-state index in [0.717, 1.165) is 63.9 Å². The number of amides is 1. The van der Waals surface area contributed by atoms with Gasteiger partial charge in [-0.3, -0.25) is 9.69 Å². The Morgan fingerprint density at radius 1 is 1.08 bits per heavy atom. The first-order valence-electron chi connectivity index (χ1n) is 9.30. The van der Waals surface area contributed by atoms with Crippen LogP contribution in [0.25, 0.3) is 0 Å². The van der Waals surface area contributed by atoms with Gasteiger partial charge in [-0.05, 0) is 30.8 Å². The zero-order valence-electron chi connectivity index (χ0n) is 15.4. The van der Waals surface area contributed by atoms with Crippen molar-refractivity contribution in [2.75, 3.05) is 52.6 Å². The highest BCUT2D eigenvalue weighted by Gasteiger charge is 2.22. The molecule has 25 heavy (non-hydrogen) atoms. The van der Waals surface area contributed by atoms with Crippen molar-refractivity contribution in [3.05, 3.63) is 23.8 Å². The van der Waals surface area contributed by atoms with Gasteiger partial charge >= 0.3 is 0 Å². The average Bonchev–Trinajstić information content (AvgIpc) is 3.11. The number of carbonyl (C=O) groups excluding carboxylic acids is 1. The molecule has 3 rings (SSSR count). The molecule has 0 radical (unpaired) electrons. The molecular formula is C19H29N3O3. The zero-order valence-corrected chi connectivity index (χ0v) is 15.4. The van der Waals surface area contributed by atoms with Crippen molar-refractivity contribution in [1.82, 2.24) is 14.7 Å². The number of rotatable bonds is 7. The molecule has 1 aromatic rings. The summed E-state index contributed by atoms with van der Waals surface area (Å²) < 4.78 is 10.8. The van der Waals surface area contributed by atoms with Crippen LogP contribution < -0.4 is 9.47 Å². The molecule has 0 bridgehead atoms. The Kier molecular flexibility index (Phi) is 6.15. The molecule has 1 saturated heterocycles. The SMILES string of the molecule is CCN(CC)CCC(=O)N1CCN(Cc2ccc3c(c2)OCO3)CC1. The normalized spacial score (nSPS) is 17.3. The van der Waals surface area contributed by atoms with Crippen molar-refractivity contribution in [3.63, 3.8) is 0 Å². The zero-order chi connectivity index (χ0) is 17.6. The molecule has 0 spiro atoms. The minimum absolute atomic E-state index is 0.287. The monoisotopic (exact) mass is 347 g/mol. The molecule has 0 saturated carbocycles. The number of hydrogen-bond donors (Lipinski definition) is 0. The van der Waals surface area contributed by atoms with Gasteiger partial charge in [-0.25, -0.2) is 0 Å². The van der Waals surface area contributed by atoms with E-state index in [0.29, 0.717) is 13.2 Å². The standard InChI is InChI=1S/C19H29N3O3/c1-3-20(4-2)8-7-19(23)22-11-9-21(10-12-22)14-16-5-6-17-18(13-16)25-15-24-17/h5-6,13H,3-4,7-12,14-15H2,1-2H3. The lowest BCUT2D eigenvalue weighted by Crippen LogP contribution is -2.48. The number of ether oxygens (including phenoxy) is 2. The Bertz CT molecular complexity index is 581. The van der Waals surface area contributed by atoms with E-state index < -0.39 is 0 Å². The van der Waals surface area contributed by atoms with Crippen LogP contribution in [-0.2, 0) is 11.3 Å². The van der Waals surface area contributed by atoms with Gasteiger partial charge < -0.3 is 19.3 Å². The van der Waals surface area contributed by atoms with E-state index in [1.54, 1.807) is 0 Å². The van der Waals surface area contributed by atoms with Crippen LogP contribution in [0.5, 0.6) is 11.5 Å². The van der Waals surface area contributed by atoms with Gasteiger partial charge in [0.2, 0.25) is 12.7 Å². The van der Waals surface area contributed by atoms with Crippen molar-refractivity contribution in [2.24, 2.45) is 0 Å². The molecule has 0 aliphatic carbocycles. The number of benzene rings is 1. The van der Waals surface area contributed by atoms with Crippen LogP contribution in [0, 0.1) is 0 Å². The maximum atomic E-state index is 12.4. The molecule has 0 unspecified atom stereocenters. The van der Waals surface area contributed by atoms with E-state index in [1.807, 2.05) is 11.0 Å². The van der Waals surface area contributed by atoms with Gasteiger partial charge in [0.25, 0.3) is 0 Å². The Balaban J connectivity index is 1.43. The molecule has 2 heterocycles. The lowest BCUT2D eigenvalue weighted by Gasteiger charge is -2.35. The molecule has 1 amide bonds. The van der Waals surface area contributed by atoms with Gasteiger partial charge in [-0.15, -0.1) is 0 Å². The van der Waals surface area contributed by atoms with Crippen molar-refractivity contribution in [1.29, 1.82) is 0 Å². The summed E-state index contributed by atoms with van der Waals surface area (Å²) >= 11 is 0. The minimum atomic E-state index is 0.287. The average molecular weight is 347 g/mol. The van der Waals surface area contributed by atoms with Crippen LogP contribution in [0.1, 0.15) is 25.8 Å². The van der Waals surface area contributed by atoms with Crippen LogP contribution in [0.2, 0.25) is 0 Å². The summed E-state index contributed by atoms with van der Waals surface area (Å²) in [5.74, 6) is 1.95. The fraction of sp³-hybridized carbons (Fsp3) is 0.632.